The van der Waals surface area contributed by atoms with Crippen LogP contribution < -0.4 is 9.64 Å². The van der Waals surface area contributed by atoms with E-state index in [4.69, 9.17) is 4.74 Å². The highest BCUT2D eigenvalue weighted by atomic mass is 32.2. The second kappa shape index (κ2) is 6.61. The Bertz CT molecular complexity index is 589. The van der Waals surface area contributed by atoms with Gasteiger partial charge in [-0.25, -0.2) is 4.98 Å². The van der Waals surface area contributed by atoms with E-state index in [1.165, 1.54) is 5.56 Å². The van der Waals surface area contributed by atoms with E-state index in [0.29, 0.717) is 0 Å². The first kappa shape index (κ1) is 14.7. The summed E-state index contributed by atoms with van der Waals surface area (Å²) in [5.74, 6) is 1.79. The molecular formula is C15H19N3OS. The van der Waals surface area contributed by atoms with E-state index in [0.717, 1.165) is 28.7 Å². The van der Waals surface area contributed by atoms with Crippen molar-refractivity contribution in [3.8, 4) is 5.75 Å². The number of aromatic nitrogens is 2. The Morgan fingerprint density at radius 1 is 1.30 bits per heavy atom. The van der Waals surface area contributed by atoms with Crippen molar-refractivity contribution in [2.75, 3.05) is 25.3 Å². The normalized spacial score (nSPS) is 10.4. The van der Waals surface area contributed by atoms with Crippen molar-refractivity contribution >= 4 is 17.6 Å². The summed E-state index contributed by atoms with van der Waals surface area (Å²) >= 11 is 1.68. The van der Waals surface area contributed by atoms with Crippen LogP contribution in [0.2, 0.25) is 0 Å². The maximum Gasteiger partial charge on any atom is 0.147 e. The molecule has 0 amide bonds. The third-order valence-electron chi connectivity index (χ3n) is 3.00. The Kier molecular flexibility index (Phi) is 4.84. The topological polar surface area (TPSA) is 38.2 Å². The first-order valence-electron chi connectivity index (χ1n) is 6.34. The summed E-state index contributed by atoms with van der Waals surface area (Å²) in [6.45, 7) is 2.71. The monoisotopic (exact) mass is 289 g/mol. The van der Waals surface area contributed by atoms with Gasteiger partial charge in [-0.2, -0.15) is 0 Å². The summed E-state index contributed by atoms with van der Waals surface area (Å²) < 4.78 is 5.42. The minimum Gasteiger partial charge on any atom is -0.496 e. The third kappa shape index (κ3) is 3.42. The lowest BCUT2D eigenvalue weighted by Gasteiger charge is -2.19. The number of rotatable bonds is 5. The van der Waals surface area contributed by atoms with E-state index < -0.39 is 0 Å². The fraction of sp³-hybridized carbons (Fsp3) is 0.333. The number of hydrogen-bond donors (Lipinski definition) is 0. The number of thioether (sulfide) groups is 1. The van der Waals surface area contributed by atoms with Gasteiger partial charge in [-0.1, -0.05) is 6.07 Å². The van der Waals surface area contributed by atoms with Gasteiger partial charge in [-0.15, -0.1) is 11.8 Å². The third-order valence-corrected chi connectivity index (χ3v) is 3.78. The summed E-state index contributed by atoms with van der Waals surface area (Å²) in [6.07, 6.45) is 5.58. The van der Waals surface area contributed by atoms with Crippen molar-refractivity contribution in [1.29, 1.82) is 0 Å². The predicted octanol–water partition coefficient (Wildman–Crippen LogP) is 3.15. The molecular weight excluding hydrogens is 270 g/mol. The van der Waals surface area contributed by atoms with Crippen molar-refractivity contribution in [3.63, 3.8) is 0 Å². The van der Waals surface area contributed by atoms with Gasteiger partial charge >= 0.3 is 0 Å². The van der Waals surface area contributed by atoms with Gasteiger partial charge in [-0.3, -0.25) is 4.98 Å². The molecule has 20 heavy (non-hydrogen) atoms. The molecule has 1 heterocycles. The van der Waals surface area contributed by atoms with Gasteiger partial charge in [0.15, 0.2) is 0 Å². The van der Waals surface area contributed by atoms with Gasteiger partial charge in [-0.05, 0) is 30.9 Å². The first-order valence-corrected chi connectivity index (χ1v) is 7.57. The van der Waals surface area contributed by atoms with Crippen LogP contribution >= 0.6 is 11.8 Å². The van der Waals surface area contributed by atoms with Gasteiger partial charge in [0.05, 0.1) is 19.0 Å². The lowest BCUT2D eigenvalue weighted by atomic mass is 10.2. The summed E-state index contributed by atoms with van der Waals surface area (Å²) in [5, 5.41) is 0. The summed E-state index contributed by atoms with van der Waals surface area (Å²) in [5.41, 5.74) is 2.11. The predicted molar refractivity (Wildman–Crippen MR) is 83.7 cm³/mol. The Labute approximate surface area is 124 Å². The quantitative estimate of drug-likeness (QED) is 0.791. The van der Waals surface area contributed by atoms with E-state index in [-0.39, 0.29) is 0 Å². The number of ether oxygens (including phenoxy) is 1. The number of aryl methyl sites for hydroxylation is 1. The van der Waals surface area contributed by atoms with Crippen molar-refractivity contribution in [2.45, 2.75) is 18.4 Å². The van der Waals surface area contributed by atoms with Gasteiger partial charge in [0, 0.05) is 24.7 Å². The van der Waals surface area contributed by atoms with Crippen LogP contribution in [0.15, 0.2) is 35.5 Å². The van der Waals surface area contributed by atoms with E-state index in [9.17, 15) is 0 Å². The molecule has 4 nitrogen and oxygen atoms in total. The highest BCUT2D eigenvalue weighted by Crippen LogP contribution is 2.28. The molecule has 2 rings (SSSR count). The highest BCUT2D eigenvalue weighted by Gasteiger charge is 2.07. The summed E-state index contributed by atoms with van der Waals surface area (Å²) in [6, 6.07) is 6.29. The van der Waals surface area contributed by atoms with Gasteiger partial charge in [0.1, 0.15) is 11.6 Å². The molecule has 0 spiro atoms. The molecule has 5 heteroatoms. The maximum atomic E-state index is 5.42. The zero-order valence-corrected chi connectivity index (χ0v) is 13.1. The van der Waals surface area contributed by atoms with Crippen LogP contribution in [0.25, 0.3) is 0 Å². The van der Waals surface area contributed by atoms with Crippen molar-refractivity contribution in [1.82, 2.24) is 9.97 Å². The molecule has 106 valence electrons. The molecule has 0 saturated heterocycles. The molecule has 1 aromatic heterocycles. The minimum atomic E-state index is 0.767. The second-order valence-corrected chi connectivity index (χ2v) is 5.41. The number of benzene rings is 1. The zero-order valence-electron chi connectivity index (χ0n) is 12.3. The van der Waals surface area contributed by atoms with Crippen LogP contribution in [0.5, 0.6) is 5.75 Å². The van der Waals surface area contributed by atoms with Crippen LogP contribution in [0, 0.1) is 6.92 Å². The summed E-state index contributed by atoms with van der Waals surface area (Å²) in [7, 11) is 3.72. The number of nitrogens with zero attached hydrogens (tertiary/aromatic N) is 3. The van der Waals surface area contributed by atoms with Crippen LogP contribution in [0.3, 0.4) is 0 Å². The smallest absolute Gasteiger partial charge is 0.147 e. The average Bonchev–Trinajstić information content (AvgIpc) is 2.47. The molecule has 0 bridgehead atoms. The van der Waals surface area contributed by atoms with E-state index in [2.05, 4.69) is 33.1 Å². The van der Waals surface area contributed by atoms with Crippen molar-refractivity contribution in [3.05, 3.63) is 41.9 Å². The van der Waals surface area contributed by atoms with E-state index >= 15 is 0 Å². The lowest BCUT2D eigenvalue weighted by Crippen LogP contribution is -2.18. The molecule has 2 aromatic rings. The molecule has 0 unspecified atom stereocenters. The van der Waals surface area contributed by atoms with Gasteiger partial charge in [0.25, 0.3) is 0 Å². The first-order chi connectivity index (χ1) is 9.63. The largest absolute Gasteiger partial charge is 0.496 e. The van der Waals surface area contributed by atoms with E-state index in [1.54, 1.807) is 31.3 Å². The summed E-state index contributed by atoms with van der Waals surface area (Å²) in [4.78, 5) is 11.9. The van der Waals surface area contributed by atoms with Gasteiger partial charge in [0.2, 0.25) is 0 Å². The maximum absolute atomic E-state index is 5.42. The Balaban J connectivity index is 2.17. The zero-order chi connectivity index (χ0) is 14.5. The molecule has 0 aliphatic rings. The fourth-order valence-electron chi connectivity index (χ4n) is 1.97. The standard InChI is InChI=1S/C15H19N3OS/c1-11-8-16-9-15(17-11)18(2)10-12-5-6-14(20-4)13(7-12)19-3/h5-9H,10H2,1-4H3. The second-order valence-electron chi connectivity index (χ2n) is 4.56. The fourth-order valence-corrected chi connectivity index (χ4v) is 2.52. The van der Waals surface area contributed by atoms with Crippen LogP contribution in [0.1, 0.15) is 11.3 Å². The molecule has 0 radical (unpaired) electrons. The SMILES string of the molecule is COc1cc(CN(C)c2cncc(C)n2)ccc1SC. The highest BCUT2D eigenvalue weighted by molar-refractivity contribution is 7.98. The van der Waals surface area contributed by atoms with Gasteiger partial charge < -0.3 is 9.64 Å². The Morgan fingerprint density at radius 3 is 2.75 bits per heavy atom. The van der Waals surface area contributed by atoms with Crippen LogP contribution in [-0.2, 0) is 6.54 Å². The Hall–Kier alpha value is -1.75. The number of anilines is 1. The molecule has 0 atom stereocenters. The van der Waals surface area contributed by atoms with Crippen LogP contribution in [-0.4, -0.2) is 30.4 Å². The minimum absolute atomic E-state index is 0.767. The molecule has 0 fully saturated rings. The molecule has 1 aromatic carbocycles. The van der Waals surface area contributed by atoms with E-state index in [1.807, 2.05) is 20.2 Å². The van der Waals surface area contributed by atoms with Crippen molar-refractivity contribution in [2.24, 2.45) is 0 Å². The van der Waals surface area contributed by atoms with Crippen LogP contribution in [0.4, 0.5) is 5.82 Å². The number of methoxy groups -OCH3 is 1. The molecule has 0 N–H and O–H groups in total. The van der Waals surface area contributed by atoms with Crippen molar-refractivity contribution < 1.29 is 4.74 Å². The molecule has 0 saturated carbocycles. The average molecular weight is 289 g/mol. The number of hydrogen-bond acceptors (Lipinski definition) is 5. The Morgan fingerprint density at radius 2 is 2.10 bits per heavy atom. The molecule has 0 aliphatic carbocycles. The lowest BCUT2D eigenvalue weighted by molar-refractivity contribution is 0.404. The molecule has 0 aliphatic heterocycles.